The van der Waals surface area contributed by atoms with Crippen molar-refractivity contribution in [2.24, 2.45) is 0 Å². The quantitative estimate of drug-likeness (QED) is 0.613. The van der Waals surface area contributed by atoms with Crippen LogP contribution in [-0.4, -0.2) is 13.4 Å². The molecule has 0 atom stereocenters. The number of pyridine rings is 1. The minimum atomic E-state index is -3.91. The Balaban J connectivity index is 2.46. The van der Waals surface area contributed by atoms with Gasteiger partial charge in [0, 0.05) is 15.7 Å². The smallest absolute Gasteiger partial charge is 0.264 e. The van der Waals surface area contributed by atoms with Crippen LogP contribution in [0.15, 0.2) is 39.8 Å². The summed E-state index contributed by atoms with van der Waals surface area (Å²) in [5, 5.41) is 0.287. The van der Waals surface area contributed by atoms with Gasteiger partial charge in [-0.1, -0.05) is 23.2 Å². The Hall–Kier alpha value is -1.02. The van der Waals surface area contributed by atoms with Gasteiger partial charge < -0.3 is 5.73 Å². The third-order valence-electron chi connectivity index (χ3n) is 2.32. The summed E-state index contributed by atoms with van der Waals surface area (Å²) in [6, 6.07) is 5.67. The lowest BCUT2D eigenvalue weighted by molar-refractivity contribution is 0.601. The summed E-state index contributed by atoms with van der Waals surface area (Å²) < 4.78 is 27.5. The van der Waals surface area contributed by atoms with Crippen molar-refractivity contribution in [3.63, 3.8) is 0 Å². The average molecular weight is 397 g/mol. The zero-order chi connectivity index (χ0) is 14.9. The van der Waals surface area contributed by atoms with Crippen molar-refractivity contribution >= 4 is 60.5 Å². The van der Waals surface area contributed by atoms with E-state index in [1.807, 2.05) is 0 Å². The maximum absolute atomic E-state index is 12.3. The topological polar surface area (TPSA) is 85.1 Å². The van der Waals surface area contributed by atoms with E-state index >= 15 is 0 Å². The molecule has 20 heavy (non-hydrogen) atoms. The molecule has 2 rings (SSSR count). The average Bonchev–Trinajstić information content (AvgIpc) is 2.36. The van der Waals surface area contributed by atoms with E-state index in [-0.39, 0.29) is 26.4 Å². The van der Waals surface area contributed by atoms with Crippen LogP contribution in [0.25, 0.3) is 0 Å². The molecule has 0 bridgehead atoms. The van der Waals surface area contributed by atoms with E-state index < -0.39 is 10.0 Å². The van der Waals surface area contributed by atoms with Gasteiger partial charge >= 0.3 is 0 Å². The largest absolute Gasteiger partial charge is 0.398 e. The van der Waals surface area contributed by atoms with E-state index in [1.165, 1.54) is 30.5 Å². The Morgan fingerprint density at radius 1 is 1.25 bits per heavy atom. The number of anilines is 2. The van der Waals surface area contributed by atoms with Crippen molar-refractivity contribution < 1.29 is 8.42 Å². The highest BCUT2D eigenvalue weighted by Crippen LogP contribution is 2.28. The summed E-state index contributed by atoms with van der Waals surface area (Å²) in [6.07, 6.45) is 1.45. The van der Waals surface area contributed by atoms with Crippen LogP contribution in [0.3, 0.4) is 0 Å². The van der Waals surface area contributed by atoms with Crippen LogP contribution in [0.1, 0.15) is 0 Å². The van der Waals surface area contributed by atoms with E-state index in [0.29, 0.717) is 4.47 Å². The summed E-state index contributed by atoms with van der Waals surface area (Å²) in [6.45, 7) is 0. The van der Waals surface area contributed by atoms with E-state index in [2.05, 4.69) is 25.6 Å². The zero-order valence-corrected chi connectivity index (χ0v) is 13.7. The SMILES string of the molecule is Nc1ccc(Cl)cc1S(=O)(=O)Nc1cc(Br)cnc1Cl. The molecule has 106 valence electrons. The molecule has 0 spiro atoms. The molecule has 1 heterocycles. The third-order valence-corrected chi connectivity index (χ3v) is 4.71. The predicted molar refractivity (Wildman–Crippen MR) is 83.6 cm³/mol. The molecular formula is C11H8BrCl2N3O2S. The maximum Gasteiger partial charge on any atom is 0.264 e. The summed E-state index contributed by atoms with van der Waals surface area (Å²) in [5.41, 5.74) is 5.89. The van der Waals surface area contributed by atoms with Gasteiger partial charge in [0.2, 0.25) is 0 Å². The molecule has 0 saturated heterocycles. The molecule has 9 heteroatoms. The Kier molecular flexibility index (Phi) is 4.43. The number of benzene rings is 1. The third kappa shape index (κ3) is 3.35. The van der Waals surface area contributed by atoms with Gasteiger partial charge in [-0.15, -0.1) is 0 Å². The summed E-state index contributed by atoms with van der Waals surface area (Å²) in [5.74, 6) is 0. The molecule has 0 fully saturated rings. The molecule has 5 nitrogen and oxygen atoms in total. The van der Waals surface area contributed by atoms with Gasteiger partial charge in [-0.25, -0.2) is 13.4 Å². The highest BCUT2D eigenvalue weighted by Gasteiger charge is 2.19. The number of halogens is 3. The number of nitrogens with two attached hydrogens (primary N) is 1. The zero-order valence-electron chi connectivity index (χ0n) is 9.77. The number of aromatic nitrogens is 1. The van der Waals surface area contributed by atoms with Crippen LogP contribution in [0.2, 0.25) is 10.2 Å². The van der Waals surface area contributed by atoms with Crippen molar-refractivity contribution in [1.29, 1.82) is 0 Å². The molecule has 1 aromatic carbocycles. The molecule has 2 aromatic rings. The van der Waals surface area contributed by atoms with Crippen molar-refractivity contribution in [2.75, 3.05) is 10.5 Å². The minimum Gasteiger partial charge on any atom is -0.398 e. The summed E-state index contributed by atoms with van der Waals surface area (Å²) in [4.78, 5) is 3.71. The number of nitrogens with one attached hydrogen (secondary N) is 1. The number of hydrogen-bond acceptors (Lipinski definition) is 4. The van der Waals surface area contributed by atoms with Crippen molar-refractivity contribution in [3.05, 3.63) is 45.1 Å². The van der Waals surface area contributed by atoms with Gasteiger partial charge in [0.1, 0.15) is 4.90 Å². The van der Waals surface area contributed by atoms with Gasteiger partial charge in [0.15, 0.2) is 5.15 Å². The molecule has 0 aliphatic carbocycles. The van der Waals surface area contributed by atoms with Crippen LogP contribution >= 0.6 is 39.1 Å². The fourth-order valence-electron chi connectivity index (χ4n) is 1.43. The lowest BCUT2D eigenvalue weighted by Crippen LogP contribution is -2.15. The predicted octanol–water partition coefficient (Wildman–Crippen LogP) is 3.53. The fraction of sp³-hybridized carbons (Fsp3) is 0. The van der Waals surface area contributed by atoms with E-state index in [4.69, 9.17) is 28.9 Å². The second kappa shape index (κ2) is 5.77. The first kappa shape index (κ1) is 15.4. The van der Waals surface area contributed by atoms with Crippen LogP contribution < -0.4 is 10.5 Å². The van der Waals surface area contributed by atoms with Gasteiger partial charge in [-0.2, -0.15) is 0 Å². The highest BCUT2D eigenvalue weighted by molar-refractivity contribution is 9.10. The van der Waals surface area contributed by atoms with Gasteiger partial charge in [-0.3, -0.25) is 4.72 Å². The Labute approximate surface area is 134 Å². The van der Waals surface area contributed by atoms with Gasteiger partial charge in [0.05, 0.1) is 11.4 Å². The molecule has 0 unspecified atom stereocenters. The normalized spacial score (nSPS) is 11.3. The summed E-state index contributed by atoms with van der Waals surface area (Å²) in [7, 11) is -3.91. The molecule has 0 aliphatic rings. The second-order valence-corrected chi connectivity index (χ2v) is 7.14. The fourth-order valence-corrected chi connectivity index (χ4v) is 3.43. The highest BCUT2D eigenvalue weighted by atomic mass is 79.9. The molecule has 0 aliphatic heterocycles. The van der Waals surface area contributed by atoms with Crippen molar-refractivity contribution in [2.45, 2.75) is 4.90 Å². The van der Waals surface area contributed by atoms with Crippen LogP contribution in [0, 0.1) is 0 Å². The van der Waals surface area contributed by atoms with E-state index in [9.17, 15) is 8.42 Å². The van der Waals surface area contributed by atoms with Crippen molar-refractivity contribution in [3.8, 4) is 0 Å². The molecule has 1 aromatic heterocycles. The monoisotopic (exact) mass is 395 g/mol. The van der Waals surface area contributed by atoms with Crippen molar-refractivity contribution in [1.82, 2.24) is 4.98 Å². The number of nitrogens with zero attached hydrogens (tertiary/aromatic N) is 1. The number of rotatable bonds is 3. The molecular weight excluding hydrogens is 389 g/mol. The number of sulfonamides is 1. The Morgan fingerprint density at radius 2 is 1.95 bits per heavy atom. The van der Waals surface area contributed by atoms with Gasteiger partial charge in [-0.05, 0) is 40.2 Å². The Morgan fingerprint density at radius 3 is 2.65 bits per heavy atom. The lowest BCUT2D eigenvalue weighted by Gasteiger charge is -2.11. The first-order valence-corrected chi connectivity index (χ1v) is 8.22. The van der Waals surface area contributed by atoms with Crippen LogP contribution in [0.4, 0.5) is 11.4 Å². The molecule has 0 amide bonds. The standard InChI is InChI=1S/C11H8BrCl2N3O2S/c12-6-3-9(11(14)16-5-6)17-20(18,19)10-4-7(13)1-2-8(10)15/h1-5,17H,15H2. The summed E-state index contributed by atoms with van der Waals surface area (Å²) >= 11 is 14.8. The molecule has 0 saturated carbocycles. The first-order chi connectivity index (χ1) is 9.29. The lowest BCUT2D eigenvalue weighted by atomic mass is 10.3. The first-order valence-electron chi connectivity index (χ1n) is 5.18. The number of nitrogen functional groups attached to an aromatic ring is 1. The Bertz CT molecular complexity index is 768. The maximum atomic E-state index is 12.3. The number of hydrogen-bond donors (Lipinski definition) is 2. The van der Waals surface area contributed by atoms with Crippen LogP contribution in [-0.2, 0) is 10.0 Å². The van der Waals surface area contributed by atoms with E-state index in [0.717, 1.165) is 0 Å². The second-order valence-electron chi connectivity index (χ2n) is 3.78. The van der Waals surface area contributed by atoms with Gasteiger partial charge in [0.25, 0.3) is 10.0 Å². The molecule has 3 N–H and O–H groups in total. The van der Waals surface area contributed by atoms with Crippen LogP contribution in [0.5, 0.6) is 0 Å². The van der Waals surface area contributed by atoms with E-state index in [1.54, 1.807) is 0 Å². The minimum absolute atomic E-state index is 0.0253. The molecule has 0 radical (unpaired) electrons.